The van der Waals surface area contributed by atoms with Crippen molar-refractivity contribution in [1.82, 2.24) is 15.3 Å². The summed E-state index contributed by atoms with van der Waals surface area (Å²) in [5, 5.41) is 14.4. The minimum Gasteiger partial charge on any atom is -0.454 e. The Morgan fingerprint density at radius 3 is 2.59 bits per heavy atom. The second-order valence-electron chi connectivity index (χ2n) is 10.1. The van der Waals surface area contributed by atoms with Gasteiger partial charge in [-0.05, 0) is 42.0 Å². The molecule has 6 rings (SSSR count). The summed E-state index contributed by atoms with van der Waals surface area (Å²) in [5.74, 6) is 1.27. The number of hydrogen-bond donors (Lipinski definition) is 1. The molecule has 34 heavy (non-hydrogen) atoms. The summed E-state index contributed by atoms with van der Waals surface area (Å²) in [6, 6.07) is 10.1. The molecule has 1 saturated carbocycles. The van der Waals surface area contributed by atoms with Gasteiger partial charge in [0.15, 0.2) is 11.5 Å². The summed E-state index contributed by atoms with van der Waals surface area (Å²) >= 11 is 0. The summed E-state index contributed by atoms with van der Waals surface area (Å²) in [6.07, 6.45) is 1.46. The van der Waals surface area contributed by atoms with Crippen LogP contribution in [0.2, 0.25) is 0 Å². The number of nitrogens with zero attached hydrogens (tertiary/aromatic N) is 3. The second-order valence-corrected chi connectivity index (χ2v) is 10.1. The van der Waals surface area contributed by atoms with Crippen LogP contribution < -0.4 is 14.8 Å². The van der Waals surface area contributed by atoms with Gasteiger partial charge in [0.2, 0.25) is 12.7 Å². The van der Waals surface area contributed by atoms with Crippen molar-refractivity contribution in [1.29, 1.82) is 0 Å². The molecule has 2 unspecified atom stereocenters. The Hall–Kier alpha value is -3.75. The third-order valence-corrected chi connectivity index (χ3v) is 8.51. The summed E-state index contributed by atoms with van der Waals surface area (Å²) in [6.45, 7) is 6.90. The van der Waals surface area contributed by atoms with E-state index in [1.165, 1.54) is 12.1 Å². The Labute approximate surface area is 195 Å². The number of carbonyl (C=O) groups is 1. The lowest BCUT2D eigenvalue weighted by molar-refractivity contribution is -0.384. The van der Waals surface area contributed by atoms with E-state index in [1.807, 2.05) is 18.2 Å². The number of nitro benzene ring substituents is 1. The molecule has 0 saturated heterocycles. The van der Waals surface area contributed by atoms with Crippen molar-refractivity contribution >= 4 is 22.6 Å². The minimum absolute atomic E-state index is 0.0447. The highest BCUT2D eigenvalue weighted by atomic mass is 16.7. The third kappa shape index (κ3) is 2.47. The lowest BCUT2D eigenvalue weighted by Gasteiger charge is -2.39. The van der Waals surface area contributed by atoms with Crippen molar-refractivity contribution in [3.8, 4) is 11.5 Å². The number of rotatable bonds is 4. The van der Waals surface area contributed by atoms with Gasteiger partial charge in [-0.15, -0.1) is 0 Å². The average molecular weight is 460 g/mol. The van der Waals surface area contributed by atoms with Gasteiger partial charge < -0.3 is 14.8 Å². The summed E-state index contributed by atoms with van der Waals surface area (Å²) in [7, 11) is 0. The van der Waals surface area contributed by atoms with Crippen LogP contribution >= 0.6 is 0 Å². The molecule has 1 aliphatic heterocycles. The topological polar surface area (TPSA) is 116 Å². The van der Waals surface area contributed by atoms with Crippen LogP contribution in [0.25, 0.3) is 11.0 Å². The number of carbonyl (C=O) groups excluding carboxylic acids is 1. The van der Waals surface area contributed by atoms with E-state index >= 15 is 0 Å². The SMILES string of the molecule is CC12CCC(C(=O)NCc3ccc4c(c3)OCO4)(c3nc4cc([N+](=O)[O-])ccc4nc31)C2(C)C. The maximum atomic E-state index is 13.9. The normalized spacial score (nSPS) is 25.4. The first-order valence-electron chi connectivity index (χ1n) is 11.3. The number of ether oxygens (including phenoxy) is 2. The Morgan fingerprint density at radius 1 is 1.03 bits per heavy atom. The number of amides is 1. The maximum Gasteiger partial charge on any atom is 0.271 e. The lowest BCUT2D eigenvalue weighted by atomic mass is 9.63. The zero-order valence-electron chi connectivity index (χ0n) is 19.2. The van der Waals surface area contributed by atoms with Crippen molar-refractivity contribution in [2.24, 2.45) is 5.41 Å². The Balaban J connectivity index is 1.41. The molecular weight excluding hydrogens is 436 g/mol. The maximum absolute atomic E-state index is 13.9. The predicted molar refractivity (Wildman–Crippen MR) is 123 cm³/mol. The molecule has 3 aliphatic rings. The van der Waals surface area contributed by atoms with Gasteiger partial charge in [-0.25, -0.2) is 9.97 Å². The Kier molecular flexibility index (Phi) is 4.07. The fourth-order valence-electron chi connectivity index (χ4n) is 6.09. The molecule has 0 spiro atoms. The number of fused-ring (bicyclic) bond motifs is 7. The van der Waals surface area contributed by atoms with E-state index in [2.05, 4.69) is 26.1 Å². The van der Waals surface area contributed by atoms with Crippen LogP contribution in [-0.2, 0) is 22.2 Å². The van der Waals surface area contributed by atoms with E-state index in [0.717, 1.165) is 17.7 Å². The predicted octanol–water partition coefficient (Wildman–Crippen LogP) is 3.91. The molecule has 2 heterocycles. The molecule has 3 aromatic rings. The zero-order chi connectivity index (χ0) is 23.9. The molecular formula is C25H24N4O5. The minimum atomic E-state index is -0.876. The third-order valence-electron chi connectivity index (χ3n) is 8.51. The van der Waals surface area contributed by atoms with Crippen molar-refractivity contribution in [2.75, 3.05) is 6.79 Å². The number of aromatic nitrogens is 2. The number of non-ortho nitro benzene ring substituents is 1. The standard InChI is InChI=1S/C25H24N4O5/c1-23(2)24(3)8-9-25(23,22(30)26-12-14-4-7-18-19(10-14)34-13-33-18)21-20(24)27-16-6-5-15(29(31)32)11-17(16)28-21/h4-7,10-11H,8-9,12-13H2,1-3H3,(H,26,30). The number of hydrogen-bond acceptors (Lipinski definition) is 7. The number of nitro groups is 1. The molecule has 9 nitrogen and oxygen atoms in total. The first-order valence-corrected chi connectivity index (χ1v) is 11.3. The molecule has 0 radical (unpaired) electrons. The lowest BCUT2D eigenvalue weighted by Crippen LogP contribution is -2.51. The quantitative estimate of drug-likeness (QED) is 0.463. The second kappa shape index (κ2) is 6.65. The van der Waals surface area contributed by atoms with Gasteiger partial charge in [0.25, 0.3) is 5.69 Å². The molecule has 174 valence electrons. The molecule has 1 amide bonds. The Morgan fingerprint density at radius 2 is 1.79 bits per heavy atom. The molecule has 2 aromatic carbocycles. The van der Waals surface area contributed by atoms with Gasteiger partial charge in [-0.1, -0.05) is 26.8 Å². The van der Waals surface area contributed by atoms with Crippen LogP contribution in [0.3, 0.4) is 0 Å². The van der Waals surface area contributed by atoms with Gasteiger partial charge in [0.1, 0.15) is 0 Å². The number of benzene rings is 2. The van der Waals surface area contributed by atoms with Crippen LogP contribution in [0, 0.1) is 15.5 Å². The van der Waals surface area contributed by atoms with Crippen LogP contribution in [-0.4, -0.2) is 27.6 Å². The van der Waals surface area contributed by atoms with E-state index < -0.39 is 15.8 Å². The van der Waals surface area contributed by atoms with Crippen molar-refractivity contribution < 1.29 is 19.2 Å². The fraction of sp³-hybridized carbons (Fsp3) is 0.400. The van der Waals surface area contributed by atoms with Gasteiger partial charge in [0, 0.05) is 24.1 Å². The molecule has 2 atom stereocenters. The zero-order valence-corrected chi connectivity index (χ0v) is 19.2. The number of nitrogens with one attached hydrogen (secondary N) is 1. The first-order chi connectivity index (χ1) is 16.2. The van der Waals surface area contributed by atoms with E-state index in [-0.39, 0.29) is 23.8 Å². The van der Waals surface area contributed by atoms with Gasteiger partial charge in [-0.2, -0.15) is 0 Å². The van der Waals surface area contributed by atoms with Crippen LogP contribution in [0.15, 0.2) is 36.4 Å². The summed E-state index contributed by atoms with van der Waals surface area (Å²) in [5.41, 5.74) is 1.71. The van der Waals surface area contributed by atoms with Crippen LogP contribution in [0.4, 0.5) is 5.69 Å². The largest absolute Gasteiger partial charge is 0.454 e. The van der Waals surface area contributed by atoms with E-state index in [0.29, 0.717) is 41.2 Å². The Bertz CT molecular complexity index is 1400. The summed E-state index contributed by atoms with van der Waals surface area (Å²) in [4.78, 5) is 34.5. The van der Waals surface area contributed by atoms with E-state index in [9.17, 15) is 14.9 Å². The molecule has 2 bridgehead atoms. The van der Waals surface area contributed by atoms with E-state index in [1.54, 1.807) is 6.07 Å². The first kappa shape index (κ1) is 20.8. The van der Waals surface area contributed by atoms with Crippen molar-refractivity contribution in [3.63, 3.8) is 0 Å². The van der Waals surface area contributed by atoms with Crippen LogP contribution in [0.1, 0.15) is 50.6 Å². The average Bonchev–Trinajstić information content (AvgIpc) is 3.40. The van der Waals surface area contributed by atoms with Crippen molar-refractivity contribution in [3.05, 3.63) is 63.5 Å². The van der Waals surface area contributed by atoms with Crippen LogP contribution in [0.5, 0.6) is 11.5 Å². The van der Waals surface area contributed by atoms with Gasteiger partial charge >= 0.3 is 0 Å². The molecule has 1 aromatic heterocycles. The fourth-order valence-corrected chi connectivity index (χ4v) is 6.09. The highest BCUT2D eigenvalue weighted by molar-refractivity contribution is 5.93. The molecule has 9 heteroatoms. The van der Waals surface area contributed by atoms with E-state index in [4.69, 9.17) is 19.4 Å². The smallest absolute Gasteiger partial charge is 0.271 e. The highest BCUT2D eigenvalue weighted by Gasteiger charge is 2.73. The molecule has 1 fully saturated rings. The summed E-state index contributed by atoms with van der Waals surface area (Å²) < 4.78 is 10.8. The van der Waals surface area contributed by atoms with Gasteiger partial charge in [0.05, 0.1) is 32.8 Å². The van der Waals surface area contributed by atoms with Crippen molar-refractivity contribution in [2.45, 2.75) is 51.0 Å². The molecule has 2 aliphatic carbocycles. The highest BCUT2D eigenvalue weighted by Crippen LogP contribution is 2.70. The monoisotopic (exact) mass is 460 g/mol. The van der Waals surface area contributed by atoms with Gasteiger partial charge in [-0.3, -0.25) is 14.9 Å². The molecule has 1 N–H and O–H groups in total.